The number of carbonyl (C=O) groups is 3. The van der Waals surface area contributed by atoms with Gasteiger partial charge in [0.05, 0.1) is 30.2 Å². The molecule has 1 atom stereocenters. The number of thioether (sulfide) groups is 1. The second kappa shape index (κ2) is 15.5. The number of anilines is 2. The highest BCUT2D eigenvalue weighted by molar-refractivity contribution is 9.10. The molecule has 0 spiro atoms. The van der Waals surface area contributed by atoms with Gasteiger partial charge in [-0.3, -0.25) is 14.4 Å². The van der Waals surface area contributed by atoms with Crippen LogP contribution in [0.25, 0.3) is 6.08 Å². The summed E-state index contributed by atoms with van der Waals surface area (Å²) in [5.41, 5.74) is 2.18. The summed E-state index contributed by atoms with van der Waals surface area (Å²) >= 11 is 11.0. The Morgan fingerprint density at radius 3 is 2.23 bits per heavy atom. The summed E-state index contributed by atoms with van der Waals surface area (Å²) in [5, 5.41) is 8.30. The molecule has 4 aromatic carbocycles. The number of amides is 3. The minimum absolute atomic E-state index is 0.0785. The van der Waals surface area contributed by atoms with Crippen LogP contribution < -0.4 is 25.4 Å². The topological polar surface area (TPSA) is 106 Å². The van der Waals surface area contributed by atoms with Gasteiger partial charge in [-0.15, -0.1) is 11.8 Å². The van der Waals surface area contributed by atoms with Crippen molar-refractivity contribution >= 4 is 74.5 Å². The zero-order chi connectivity index (χ0) is 31.6. The zero-order valence-corrected chi connectivity index (χ0v) is 27.2. The van der Waals surface area contributed by atoms with Gasteiger partial charge in [0.25, 0.3) is 11.8 Å². The Labute approximate surface area is 273 Å². The first kappa shape index (κ1) is 32.7. The van der Waals surface area contributed by atoms with Gasteiger partial charge in [0, 0.05) is 26.7 Å². The molecule has 0 aliphatic rings. The summed E-state index contributed by atoms with van der Waals surface area (Å²) in [5.74, 6) is -0.288. The number of nitrogens with one attached hydrogen (secondary N) is 3. The first-order valence-electron chi connectivity index (χ1n) is 13.3. The van der Waals surface area contributed by atoms with Crippen molar-refractivity contribution in [3.63, 3.8) is 0 Å². The third kappa shape index (κ3) is 8.89. The lowest BCUT2D eigenvalue weighted by molar-refractivity contribution is -0.115. The molecule has 4 rings (SSSR count). The van der Waals surface area contributed by atoms with Gasteiger partial charge in [0.2, 0.25) is 5.91 Å². The molecule has 0 bridgehead atoms. The van der Waals surface area contributed by atoms with Crippen LogP contribution in [-0.4, -0.2) is 37.2 Å². The van der Waals surface area contributed by atoms with E-state index in [-0.39, 0.29) is 11.6 Å². The van der Waals surface area contributed by atoms with Crippen molar-refractivity contribution in [3.8, 4) is 11.5 Å². The maximum absolute atomic E-state index is 13.3. The number of benzene rings is 4. The third-order valence-electron chi connectivity index (χ3n) is 6.21. The smallest absolute Gasteiger partial charge is 0.272 e. The van der Waals surface area contributed by atoms with Gasteiger partial charge in [-0.2, -0.15) is 0 Å². The molecule has 3 N–H and O–H groups in total. The van der Waals surface area contributed by atoms with Crippen LogP contribution in [-0.2, 0) is 9.59 Å². The Morgan fingerprint density at radius 2 is 1.57 bits per heavy atom. The maximum Gasteiger partial charge on any atom is 0.272 e. The maximum atomic E-state index is 13.3. The van der Waals surface area contributed by atoms with E-state index in [2.05, 4.69) is 31.9 Å². The van der Waals surface area contributed by atoms with Crippen LogP contribution in [0.4, 0.5) is 11.4 Å². The molecular weight excluding hydrogens is 666 g/mol. The van der Waals surface area contributed by atoms with E-state index < -0.39 is 17.1 Å². The Balaban J connectivity index is 1.43. The van der Waals surface area contributed by atoms with E-state index in [4.69, 9.17) is 21.1 Å². The lowest BCUT2D eigenvalue weighted by atomic mass is 10.1. The van der Waals surface area contributed by atoms with E-state index in [1.165, 1.54) is 26.0 Å². The molecule has 0 heterocycles. The molecule has 4 aromatic rings. The molecular formula is C33H29BrClN3O5S. The number of methoxy groups -OCH3 is 2. The zero-order valence-electron chi connectivity index (χ0n) is 24.0. The average Bonchev–Trinajstić information content (AvgIpc) is 3.02. The molecule has 0 aliphatic heterocycles. The molecule has 0 aliphatic carbocycles. The van der Waals surface area contributed by atoms with Crippen LogP contribution in [0, 0.1) is 0 Å². The van der Waals surface area contributed by atoms with Gasteiger partial charge in [-0.05, 0) is 73.2 Å². The van der Waals surface area contributed by atoms with Crippen LogP contribution >= 0.6 is 39.3 Å². The molecule has 226 valence electrons. The third-order valence-corrected chi connectivity index (χ3v) is 8.12. The lowest BCUT2D eigenvalue weighted by Crippen LogP contribution is -2.30. The molecule has 11 heteroatoms. The van der Waals surface area contributed by atoms with Crippen LogP contribution in [0.5, 0.6) is 11.5 Å². The van der Waals surface area contributed by atoms with Gasteiger partial charge in [-0.1, -0.05) is 57.9 Å². The average molecular weight is 695 g/mol. The minimum atomic E-state index is -0.491. The highest BCUT2D eigenvalue weighted by Crippen LogP contribution is 2.36. The van der Waals surface area contributed by atoms with E-state index in [0.717, 1.165) is 14.9 Å². The van der Waals surface area contributed by atoms with E-state index >= 15 is 0 Å². The summed E-state index contributed by atoms with van der Waals surface area (Å²) in [6, 6.07) is 26.3. The van der Waals surface area contributed by atoms with Crippen molar-refractivity contribution in [2.45, 2.75) is 17.1 Å². The summed E-state index contributed by atoms with van der Waals surface area (Å²) in [6.07, 6.45) is 1.61. The van der Waals surface area contributed by atoms with Crippen molar-refractivity contribution in [1.82, 2.24) is 5.32 Å². The lowest BCUT2D eigenvalue weighted by Gasteiger charge is -2.16. The van der Waals surface area contributed by atoms with Gasteiger partial charge in [-0.25, -0.2) is 0 Å². The van der Waals surface area contributed by atoms with Gasteiger partial charge < -0.3 is 25.4 Å². The Hall–Kier alpha value is -4.25. The molecule has 3 amide bonds. The van der Waals surface area contributed by atoms with Crippen molar-refractivity contribution < 1.29 is 23.9 Å². The summed E-state index contributed by atoms with van der Waals surface area (Å²) in [4.78, 5) is 39.9. The van der Waals surface area contributed by atoms with Crippen molar-refractivity contribution in [3.05, 3.63) is 117 Å². The van der Waals surface area contributed by atoms with E-state index in [1.54, 1.807) is 73.7 Å². The minimum Gasteiger partial charge on any atom is -0.495 e. The SMILES string of the molecule is COc1cc(OC)c(NC(=O)C(C)Sc2ccc(NC(=O)/C(=C/c3cccc(Br)c3)NC(=O)c3ccccc3)cc2)cc1Cl. The number of halogens is 2. The summed E-state index contributed by atoms with van der Waals surface area (Å²) in [7, 11) is 2.99. The molecule has 44 heavy (non-hydrogen) atoms. The first-order chi connectivity index (χ1) is 21.2. The van der Waals surface area contributed by atoms with Crippen molar-refractivity contribution in [1.29, 1.82) is 0 Å². The Morgan fingerprint density at radius 1 is 0.864 bits per heavy atom. The highest BCUT2D eigenvalue weighted by Gasteiger charge is 2.19. The molecule has 0 saturated heterocycles. The van der Waals surface area contributed by atoms with Crippen molar-refractivity contribution in [2.75, 3.05) is 24.9 Å². The number of hydrogen-bond acceptors (Lipinski definition) is 6. The quantitative estimate of drug-likeness (QED) is 0.110. The second-order valence-corrected chi connectivity index (χ2v) is 12.1. The molecule has 0 fully saturated rings. The van der Waals surface area contributed by atoms with Crippen molar-refractivity contribution in [2.24, 2.45) is 0 Å². The predicted molar refractivity (Wildman–Crippen MR) is 180 cm³/mol. The standard InChI is InChI=1S/C33H29BrClN3O5S/c1-20(31(39)37-27-18-26(35)29(42-2)19-30(27)43-3)44-25-14-12-24(13-15-25)36-33(41)28(17-21-8-7-11-23(34)16-21)38-32(40)22-9-5-4-6-10-22/h4-20H,1-3H3,(H,36,41)(H,37,39)(H,38,40)/b28-17-. The van der Waals surface area contributed by atoms with Crippen LogP contribution in [0.15, 0.2) is 106 Å². The van der Waals surface area contributed by atoms with Gasteiger partial charge in [0.1, 0.15) is 17.2 Å². The monoisotopic (exact) mass is 693 g/mol. The van der Waals surface area contributed by atoms with E-state index in [0.29, 0.717) is 33.5 Å². The fourth-order valence-electron chi connectivity index (χ4n) is 3.97. The number of rotatable bonds is 11. The fourth-order valence-corrected chi connectivity index (χ4v) is 5.50. The highest BCUT2D eigenvalue weighted by atomic mass is 79.9. The second-order valence-electron chi connectivity index (χ2n) is 9.35. The molecule has 1 unspecified atom stereocenters. The Bertz CT molecular complexity index is 1680. The summed E-state index contributed by atoms with van der Waals surface area (Å²) < 4.78 is 11.4. The van der Waals surface area contributed by atoms with E-state index in [1.807, 2.05) is 30.3 Å². The van der Waals surface area contributed by atoms with Gasteiger partial charge >= 0.3 is 0 Å². The van der Waals surface area contributed by atoms with E-state index in [9.17, 15) is 14.4 Å². The Kier molecular flexibility index (Phi) is 11.5. The molecule has 0 aromatic heterocycles. The van der Waals surface area contributed by atoms with Crippen LogP contribution in [0.3, 0.4) is 0 Å². The normalized spacial score (nSPS) is 11.7. The molecule has 8 nitrogen and oxygen atoms in total. The summed E-state index contributed by atoms with van der Waals surface area (Å²) in [6.45, 7) is 1.78. The number of ether oxygens (including phenoxy) is 2. The first-order valence-corrected chi connectivity index (χ1v) is 15.4. The molecule has 0 radical (unpaired) electrons. The number of hydrogen-bond donors (Lipinski definition) is 3. The number of carbonyl (C=O) groups excluding carboxylic acids is 3. The van der Waals surface area contributed by atoms with Gasteiger partial charge in [0.15, 0.2) is 0 Å². The predicted octanol–water partition coefficient (Wildman–Crippen LogP) is 7.65. The van der Waals surface area contributed by atoms with Crippen LogP contribution in [0.1, 0.15) is 22.8 Å². The van der Waals surface area contributed by atoms with Crippen LogP contribution in [0.2, 0.25) is 5.02 Å². The molecule has 0 saturated carbocycles. The largest absolute Gasteiger partial charge is 0.495 e. The fraction of sp³-hybridized carbons (Fsp3) is 0.121.